The topological polar surface area (TPSA) is 147 Å². The molecule has 202 valence electrons. The molecule has 0 spiro atoms. The lowest BCUT2D eigenvalue weighted by atomic mass is 10.2. The largest absolute Gasteiger partial charge is 0.496 e. The van der Waals surface area contributed by atoms with Gasteiger partial charge < -0.3 is 36.3 Å². The van der Waals surface area contributed by atoms with Crippen molar-refractivity contribution in [2.45, 2.75) is 39.0 Å². The summed E-state index contributed by atoms with van der Waals surface area (Å²) in [5.41, 5.74) is 15.6. The predicted octanol–water partition coefficient (Wildman–Crippen LogP) is 3.49. The van der Waals surface area contributed by atoms with E-state index in [0.29, 0.717) is 36.0 Å². The molecule has 0 saturated heterocycles. The third kappa shape index (κ3) is 6.88. The third-order valence-electron chi connectivity index (χ3n) is 5.98. The Labute approximate surface area is 222 Å². The van der Waals surface area contributed by atoms with E-state index >= 15 is 0 Å². The van der Waals surface area contributed by atoms with Crippen molar-refractivity contribution in [3.8, 4) is 17.2 Å². The molecule has 1 unspecified atom stereocenters. The first-order chi connectivity index (χ1) is 18.5. The van der Waals surface area contributed by atoms with Crippen LogP contribution in [0.3, 0.4) is 0 Å². The van der Waals surface area contributed by atoms with Gasteiger partial charge in [0.2, 0.25) is 5.95 Å². The summed E-state index contributed by atoms with van der Waals surface area (Å²) in [6.45, 7) is 4.77. The quantitative estimate of drug-likeness (QED) is 0.144. The van der Waals surface area contributed by atoms with Gasteiger partial charge in [-0.2, -0.15) is 10.1 Å². The van der Waals surface area contributed by atoms with Crippen LogP contribution in [0.1, 0.15) is 30.9 Å². The molecule has 4 aromatic rings. The number of nitrogen functional groups attached to an aromatic ring is 1. The smallest absolute Gasteiger partial charge is 0.222 e. The normalized spacial score (nSPS) is 12.0. The Hall–Kier alpha value is -3.93. The van der Waals surface area contributed by atoms with E-state index in [1.54, 1.807) is 20.4 Å². The van der Waals surface area contributed by atoms with Crippen molar-refractivity contribution >= 4 is 22.8 Å². The second kappa shape index (κ2) is 13.0. The number of ether oxygens (including phenoxy) is 3. The zero-order chi connectivity index (χ0) is 26.9. The van der Waals surface area contributed by atoms with Gasteiger partial charge in [0, 0.05) is 31.8 Å². The molecule has 0 bridgehead atoms. The average Bonchev–Trinajstić information content (AvgIpc) is 3.31. The van der Waals surface area contributed by atoms with E-state index in [1.807, 2.05) is 47.1 Å². The predicted molar refractivity (Wildman–Crippen MR) is 148 cm³/mol. The Bertz CT molecular complexity index is 1330. The SMILES string of the molecule is CCCC(N)Nc1nc(N)nc2cnn(Cc3ccc(Oc4ccc(CNCCOC)cc4)cc3OC)c12. The van der Waals surface area contributed by atoms with Crippen LogP contribution in [0.4, 0.5) is 11.8 Å². The highest BCUT2D eigenvalue weighted by Crippen LogP contribution is 2.30. The van der Waals surface area contributed by atoms with E-state index in [4.69, 9.17) is 25.7 Å². The van der Waals surface area contributed by atoms with Gasteiger partial charge in [-0.1, -0.05) is 25.5 Å². The molecule has 1 atom stereocenters. The second-order valence-electron chi connectivity index (χ2n) is 8.90. The molecule has 11 nitrogen and oxygen atoms in total. The van der Waals surface area contributed by atoms with Crippen LogP contribution < -0.4 is 31.6 Å². The minimum Gasteiger partial charge on any atom is -0.496 e. The summed E-state index contributed by atoms with van der Waals surface area (Å²) in [5.74, 6) is 2.82. The molecule has 2 aromatic carbocycles. The maximum Gasteiger partial charge on any atom is 0.222 e. The van der Waals surface area contributed by atoms with Crippen molar-refractivity contribution in [1.29, 1.82) is 0 Å². The van der Waals surface area contributed by atoms with E-state index in [-0.39, 0.29) is 12.1 Å². The average molecular weight is 521 g/mol. The van der Waals surface area contributed by atoms with Gasteiger partial charge in [0.25, 0.3) is 0 Å². The summed E-state index contributed by atoms with van der Waals surface area (Å²) < 4.78 is 18.6. The minimum absolute atomic E-state index is 0.165. The van der Waals surface area contributed by atoms with E-state index in [2.05, 4.69) is 32.6 Å². The first-order valence-electron chi connectivity index (χ1n) is 12.6. The van der Waals surface area contributed by atoms with Crippen molar-refractivity contribution in [2.24, 2.45) is 5.73 Å². The molecule has 0 aliphatic heterocycles. The molecule has 6 N–H and O–H groups in total. The summed E-state index contributed by atoms with van der Waals surface area (Å²) in [4.78, 5) is 8.71. The van der Waals surface area contributed by atoms with Gasteiger partial charge in [0.1, 0.15) is 28.3 Å². The molecule has 4 rings (SSSR count). The first-order valence-corrected chi connectivity index (χ1v) is 12.6. The molecule has 0 aliphatic rings. The van der Waals surface area contributed by atoms with Crippen LogP contribution >= 0.6 is 0 Å². The van der Waals surface area contributed by atoms with Gasteiger partial charge in [-0.3, -0.25) is 4.68 Å². The maximum absolute atomic E-state index is 6.21. The number of hydrogen-bond donors (Lipinski definition) is 4. The highest BCUT2D eigenvalue weighted by atomic mass is 16.5. The number of rotatable bonds is 14. The second-order valence-corrected chi connectivity index (χ2v) is 8.90. The molecule has 0 radical (unpaired) electrons. The van der Waals surface area contributed by atoms with E-state index < -0.39 is 0 Å². The number of benzene rings is 2. The van der Waals surface area contributed by atoms with Crippen molar-refractivity contribution < 1.29 is 14.2 Å². The Balaban J connectivity index is 1.49. The summed E-state index contributed by atoms with van der Waals surface area (Å²) in [7, 11) is 3.33. The number of fused-ring (bicyclic) bond motifs is 1. The summed E-state index contributed by atoms with van der Waals surface area (Å²) in [6, 6.07) is 13.7. The van der Waals surface area contributed by atoms with Gasteiger partial charge in [-0.25, -0.2) is 4.98 Å². The van der Waals surface area contributed by atoms with Gasteiger partial charge in [-0.05, 0) is 36.2 Å². The lowest BCUT2D eigenvalue weighted by Crippen LogP contribution is -2.30. The number of anilines is 2. The Morgan fingerprint density at radius 1 is 1.05 bits per heavy atom. The lowest BCUT2D eigenvalue weighted by Gasteiger charge is -2.16. The number of methoxy groups -OCH3 is 2. The Kier molecular flexibility index (Phi) is 9.30. The Morgan fingerprint density at radius 3 is 2.58 bits per heavy atom. The van der Waals surface area contributed by atoms with E-state index in [9.17, 15) is 0 Å². The van der Waals surface area contributed by atoms with Gasteiger partial charge in [-0.15, -0.1) is 0 Å². The maximum atomic E-state index is 6.21. The molecule has 2 heterocycles. The fraction of sp³-hybridized carbons (Fsp3) is 0.370. The van der Waals surface area contributed by atoms with Crippen molar-refractivity contribution in [2.75, 3.05) is 38.4 Å². The third-order valence-corrected chi connectivity index (χ3v) is 5.98. The zero-order valence-electron chi connectivity index (χ0n) is 22.1. The molecule has 0 fully saturated rings. The van der Waals surface area contributed by atoms with Crippen LogP contribution in [0.25, 0.3) is 11.0 Å². The first kappa shape index (κ1) is 27.1. The molecule has 0 amide bonds. The fourth-order valence-corrected chi connectivity index (χ4v) is 4.09. The summed E-state index contributed by atoms with van der Waals surface area (Å²) >= 11 is 0. The molecule has 2 aromatic heterocycles. The van der Waals surface area contributed by atoms with Gasteiger partial charge >= 0.3 is 0 Å². The van der Waals surface area contributed by atoms with Crippen molar-refractivity contribution in [3.63, 3.8) is 0 Å². The van der Waals surface area contributed by atoms with E-state index in [0.717, 1.165) is 42.8 Å². The standard InChI is InChI=1S/C27H36N8O3/c1-4-5-24(28)33-26-25-22(32-27(29)34-26)16-31-35(25)17-19-8-11-21(14-23(19)37-3)38-20-9-6-18(7-10-20)15-30-12-13-36-2/h6-11,14,16,24,30H,4-5,12-13,15,17,28H2,1-3H3,(H3,29,32,33,34). The number of hydrogen-bond acceptors (Lipinski definition) is 10. The molecular weight excluding hydrogens is 484 g/mol. The van der Waals surface area contributed by atoms with Crippen LogP contribution in [-0.2, 0) is 17.8 Å². The van der Waals surface area contributed by atoms with Crippen molar-refractivity contribution in [3.05, 3.63) is 59.8 Å². The fourth-order valence-electron chi connectivity index (χ4n) is 4.09. The number of nitrogens with one attached hydrogen (secondary N) is 2. The van der Waals surface area contributed by atoms with Crippen LogP contribution in [-0.4, -0.2) is 53.3 Å². The van der Waals surface area contributed by atoms with Crippen molar-refractivity contribution in [1.82, 2.24) is 25.1 Å². The molecular formula is C27H36N8O3. The number of nitrogens with zero attached hydrogens (tertiary/aromatic N) is 4. The van der Waals surface area contributed by atoms with Crippen LogP contribution in [0.15, 0.2) is 48.7 Å². The minimum atomic E-state index is -0.257. The molecule has 0 saturated carbocycles. The summed E-state index contributed by atoms with van der Waals surface area (Å²) in [6.07, 6.45) is 3.15. The van der Waals surface area contributed by atoms with Crippen LogP contribution in [0, 0.1) is 0 Å². The molecule has 38 heavy (non-hydrogen) atoms. The van der Waals surface area contributed by atoms with E-state index in [1.165, 1.54) is 5.56 Å². The number of aromatic nitrogens is 4. The van der Waals surface area contributed by atoms with Gasteiger partial charge in [0.15, 0.2) is 5.82 Å². The zero-order valence-corrected chi connectivity index (χ0v) is 22.1. The molecule has 11 heteroatoms. The lowest BCUT2D eigenvalue weighted by molar-refractivity contribution is 0.199. The monoisotopic (exact) mass is 520 g/mol. The Morgan fingerprint density at radius 2 is 1.84 bits per heavy atom. The molecule has 0 aliphatic carbocycles. The summed E-state index contributed by atoms with van der Waals surface area (Å²) in [5, 5.41) is 11.1. The number of nitrogens with two attached hydrogens (primary N) is 2. The highest BCUT2D eigenvalue weighted by molar-refractivity contribution is 5.86. The highest BCUT2D eigenvalue weighted by Gasteiger charge is 2.16. The van der Waals surface area contributed by atoms with Crippen LogP contribution in [0.5, 0.6) is 17.2 Å². The van der Waals surface area contributed by atoms with Gasteiger partial charge in [0.05, 0.1) is 32.6 Å². The van der Waals surface area contributed by atoms with Crippen LogP contribution in [0.2, 0.25) is 0 Å².